The molecule has 208 valence electrons. The summed E-state index contributed by atoms with van der Waals surface area (Å²) >= 11 is 0. The lowest BCUT2D eigenvalue weighted by Crippen LogP contribution is -3.00. The van der Waals surface area contributed by atoms with Crippen LogP contribution in [0.5, 0.6) is 0 Å². The maximum atomic E-state index is 2.41. The molecule has 0 fully saturated rings. The van der Waals surface area contributed by atoms with Gasteiger partial charge in [-0.15, -0.1) is 0 Å². The van der Waals surface area contributed by atoms with Crippen molar-refractivity contribution in [2.45, 2.75) is 182 Å². The zero-order valence-corrected chi connectivity index (χ0v) is 26.3. The zero-order chi connectivity index (χ0) is 24.3. The van der Waals surface area contributed by atoms with Crippen LogP contribution in [-0.4, -0.2) is 24.6 Å². The molecule has 2 heteroatoms. The molecule has 0 saturated heterocycles. The number of rotatable bonds is 28. The van der Waals surface area contributed by atoms with E-state index in [-0.39, 0.29) is 12.4 Å². The number of halogens is 1. The molecule has 0 rings (SSSR count). The molecule has 0 aliphatic carbocycles. The third kappa shape index (κ3) is 24.4. The van der Waals surface area contributed by atoms with Gasteiger partial charge in [0.05, 0.1) is 24.6 Å². The Labute approximate surface area is 225 Å². The average molecular weight is 519 g/mol. The highest BCUT2D eigenvalue weighted by atomic mass is 35.5. The van der Waals surface area contributed by atoms with Crippen LogP contribution in [0.15, 0.2) is 0 Å². The van der Waals surface area contributed by atoms with Gasteiger partial charge >= 0.3 is 0 Å². The Morgan fingerprint density at radius 3 is 0.735 bits per heavy atom. The van der Waals surface area contributed by atoms with Crippen LogP contribution in [-0.2, 0) is 0 Å². The molecule has 34 heavy (non-hydrogen) atoms. The largest absolute Gasteiger partial charge is 1.00 e. The molecule has 0 saturated carbocycles. The third-order valence-corrected chi connectivity index (χ3v) is 13.0. The minimum absolute atomic E-state index is 0. The van der Waals surface area contributed by atoms with Crippen molar-refractivity contribution in [3.63, 3.8) is 0 Å². The Morgan fingerprint density at radius 2 is 0.471 bits per heavy atom. The fourth-order valence-corrected chi connectivity index (χ4v) is 10.6. The Hall–Kier alpha value is 0.720. The van der Waals surface area contributed by atoms with E-state index >= 15 is 0 Å². The van der Waals surface area contributed by atoms with Gasteiger partial charge in [0, 0.05) is 7.26 Å². The van der Waals surface area contributed by atoms with E-state index in [0.29, 0.717) is 0 Å². The van der Waals surface area contributed by atoms with Gasteiger partial charge in [-0.1, -0.05) is 143 Å². The Morgan fingerprint density at radius 1 is 0.265 bits per heavy atom. The second-order valence-corrected chi connectivity index (χ2v) is 15.8. The fraction of sp³-hybridized carbons (Fsp3) is 1.00. The molecular formula is C32H68ClP. The fourth-order valence-electron chi connectivity index (χ4n) is 5.53. The molecule has 0 unspecified atom stereocenters. The van der Waals surface area contributed by atoms with Gasteiger partial charge in [0.15, 0.2) is 0 Å². The second kappa shape index (κ2) is 29.9. The summed E-state index contributed by atoms with van der Waals surface area (Å²) in [5, 5.41) is 0. The molecule has 0 aromatic heterocycles. The highest BCUT2D eigenvalue weighted by Gasteiger charge is 2.34. The van der Waals surface area contributed by atoms with E-state index in [0.717, 1.165) is 0 Å². The third-order valence-electron chi connectivity index (χ3n) is 7.94. The van der Waals surface area contributed by atoms with Crippen molar-refractivity contribution >= 4 is 7.26 Å². The monoisotopic (exact) mass is 518 g/mol. The van der Waals surface area contributed by atoms with E-state index in [9.17, 15) is 0 Å². The SMILES string of the molecule is CCCCCCCCCCCC[P+](CCCC)(CCCC)CCCCCCCCCCCC.[Cl-]. The topological polar surface area (TPSA) is 0 Å². The summed E-state index contributed by atoms with van der Waals surface area (Å²) in [6, 6.07) is 0. The van der Waals surface area contributed by atoms with Gasteiger partial charge in [0.2, 0.25) is 0 Å². The first-order valence-corrected chi connectivity index (χ1v) is 18.6. The predicted octanol–water partition coefficient (Wildman–Crippen LogP) is 9.45. The number of hydrogen-bond acceptors (Lipinski definition) is 0. The van der Waals surface area contributed by atoms with Crippen molar-refractivity contribution in [1.29, 1.82) is 0 Å². The van der Waals surface area contributed by atoms with E-state index < -0.39 is 7.26 Å². The van der Waals surface area contributed by atoms with Gasteiger partial charge < -0.3 is 12.4 Å². The average Bonchev–Trinajstić information content (AvgIpc) is 2.83. The quantitative estimate of drug-likeness (QED) is 0.0714. The summed E-state index contributed by atoms with van der Waals surface area (Å²) in [4.78, 5) is 0. The summed E-state index contributed by atoms with van der Waals surface area (Å²) in [5.41, 5.74) is 0. The van der Waals surface area contributed by atoms with Crippen LogP contribution in [0.1, 0.15) is 182 Å². The Balaban J connectivity index is 0. The molecule has 0 heterocycles. The maximum absolute atomic E-state index is 2.41. The van der Waals surface area contributed by atoms with Gasteiger partial charge in [-0.05, 0) is 38.5 Å². The van der Waals surface area contributed by atoms with Gasteiger partial charge in [0.1, 0.15) is 0 Å². The first-order chi connectivity index (χ1) is 16.2. The van der Waals surface area contributed by atoms with Crippen LogP contribution in [0.25, 0.3) is 0 Å². The lowest BCUT2D eigenvalue weighted by atomic mass is 10.1. The van der Waals surface area contributed by atoms with Crippen molar-refractivity contribution in [3.8, 4) is 0 Å². The first-order valence-electron chi connectivity index (χ1n) is 16.1. The molecule has 0 aliphatic rings. The van der Waals surface area contributed by atoms with E-state index in [1.54, 1.807) is 37.5 Å². The van der Waals surface area contributed by atoms with Crippen LogP contribution in [0.4, 0.5) is 0 Å². The molecule has 0 aromatic rings. The summed E-state index contributed by atoms with van der Waals surface area (Å²) in [6.45, 7) is 9.46. The molecule has 0 bridgehead atoms. The summed E-state index contributed by atoms with van der Waals surface area (Å²) in [5.74, 6) is 0. The number of unbranched alkanes of at least 4 members (excludes halogenated alkanes) is 20. The first kappa shape index (κ1) is 36.9. The van der Waals surface area contributed by atoms with Crippen molar-refractivity contribution in [2.24, 2.45) is 0 Å². The van der Waals surface area contributed by atoms with Crippen LogP contribution >= 0.6 is 7.26 Å². The lowest BCUT2D eigenvalue weighted by molar-refractivity contribution is -0.00000755. The minimum Gasteiger partial charge on any atom is -1.00 e. The highest BCUT2D eigenvalue weighted by Crippen LogP contribution is 2.61. The molecule has 0 atom stereocenters. The predicted molar refractivity (Wildman–Crippen MR) is 160 cm³/mol. The van der Waals surface area contributed by atoms with E-state index in [4.69, 9.17) is 0 Å². The Kier molecular flexibility index (Phi) is 32.5. The standard InChI is InChI=1S/C32H68P.ClH/c1-5-9-13-15-17-19-21-23-25-27-31-33(29-11-7-3,30-12-8-4)32-28-26-24-22-20-18-16-14-10-6-2;/h5-32H2,1-4H3;1H/q+1;/p-1. The van der Waals surface area contributed by atoms with Gasteiger partial charge in [-0.25, -0.2) is 0 Å². The molecule has 0 radical (unpaired) electrons. The molecular weight excluding hydrogens is 451 g/mol. The normalized spacial score (nSPS) is 11.6. The van der Waals surface area contributed by atoms with Crippen molar-refractivity contribution < 1.29 is 12.4 Å². The van der Waals surface area contributed by atoms with Gasteiger partial charge in [-0.2, -0.15) is 0 Å². The van der Waals surface area contributed by atoms with Crippen LogP contribution in [0.2, 0.25) is 0 Å². The van der Waals surface area contributed by atoms with E-state index in [1.165, 1.54) is 141 Å². The molecule has 0 N–H and O–H groups in total. The second-order valence-electron chi connectivity index (χ2n) is 11.3. The summed E-state index contributed by atoms with van der Waals surface area (Å²) in [6.07, 6.45) is 42.0. The minimum atomic E-state index is -0.677. The van der Waals surface area contributed by atoms with E-state index in [2.05, 4.69) is 27.7 Å². The van der Waals surface area contributed by atoms with Gasteiger partial charge in [-0.3, -0.25) is 0 Å². The van der Waals surface area contributed by atoms with Crippen LogP contribution in [0.3, 0.4) is 0 Å². The highest BCUT2D eigenvalue weighted by molar-refractivity contribution is 7.75. The summed E-state index contributed by atoms with van der Waals surface area (Å²) in [7, 11) is -0.677. The van der Waals surface area contributed by atoms with E-state index in [1.807, 2.05) is 0 Å². The molecule has 0 aromatic carbocycles. The van der Waals surface area contributed by atoms with Crippen LogP contribution < -0.4 is 12.4 Å². The Bertz CT molecular complexity index is 323. The molecule has 0 amide bonds. The lowest BCUT2D eigenvalue weighted by Gasteiger charge is -2.28. The maximum Gasteiger partial charge on any atom is 0.0594 e. The van der Waals surface area contributed by atoms with Gasteiger partial charge in [0.25, 0.3) is 0 Å². The van der Waals surface area contributed by atoms with Crippen molar-refractivity contribution in [2.75, 3.05) is 24.6 Å². The van der Waals surface area contributed by atoms with Crippen molar-refractivity contribution in [1.82, 2.24) is 0 Å². The molecule has 0 spiro atoms. The molecule has 0 nitrogen and oxygen atoms in total. The van der Waals surface area contributed by atoms with Crippen molar-refractivity contribution in [3.05, 3.63) is 0 Å². The number of hydrogen-bond donors (Lipinski definition) is 0. The smallest absolute Gasteiger partial charge is 0.0594 e. The zero-order valence-electron chi connectivity index (χ0n) is 24.6. The summed E-state index contributed by atoms with van der Waals surface area (Å²) < 4.78 is 0. The molecule has 0 aliphatic heterocycles. The van der Waals surface area contributed by atoms with Crippen LogP contribution in [0, 0.1) is 0 Å².